The number of amides is 2. The lowest BCUT2D eigenvalue weighted by Gasteiger charge is -2.14. The van der Waals surface area contributed by atoms with Crippen molar-refractivity contribution < 1.29 is 9.59 Å². The minimum absolute atomic E-state index is 0.330. The number of carbonyl (C=O) groups excluding carboxylic acids is 2. The topological polar surface area (TPSA) is 37.4 Å². The van der Waals surface area contributed by atoms with E-state index in [1.54, 1.807) is 36.4 Å². The number of hydrogen-bond acceptors (Lipinski definition) is 2. The van der Waals surface area contributed by atoms with Crippen molar-refractivity contribution in [1.82, 2.24) is 0 Å². The Kier molecular flexibility index (Phi) is 4.05. The van der Waals surface area contributed by atoms with Crippen molar-refractivity contribution in [3.8, 4) is 24.2 Å². The van der Waals surface area contributed by atoms with E-state index < -0.39 is 0 Å². The van der Waals surface area contributed by atoms with Crippen molar-refractivity contribution in [1.29, 1.82) is 0 Å². The summed E-state index contributed by atoms with van der Waals surface area (Å²) in [6, 6.07) is 21.5. The third-order valence-electron chi connectivity index (χ3n) is 4.28. The van der Waals surface area contributed by atoms with Crippen LogP contribution in [0.3, 0.4) is 0 Å². The highest BCUT2D eigenvalue weighted by atomic mass is 16.2. The fourth-order valence-electron chi connectivity index (χ4n) is 2.95. The van der Waals surface area contributed by atoms with Gasteiger partial charge in [0.1, 0.15) is 0 Å². The lowest BCUT2D eigenvalue weighted by Crippen LogP contribution is -2.29. The second-order valence-corrected chi connectivity index (χ2v) is 6.02. The van der Waals surface area contributed by atoms with Gasteiger partial charge in [0.05, 0.1) is 16.8 Å². The third-order valence-corrected chi connectivity index (χ3v) is 4.28. The maximum absolute atomic E-state index is 12.8. The molecule has 1 heterocycles. The summed E-state index contributed by atoms with van der Waals surface area (Å²) in [5.74, 6) is 7.90. The van der Waals surface area contributed by atoms with E-state index in [-0.39, 0.29) is 11.8 Å². The summed E-state index contributed by atoms with van der Waals surface area (Å²) in [6.45, 7) is 0. The van der Waals surface area contributed by atoms with Gasteiger partial charge in [-0.2, -0.15) is 0 Å². The molecule has 126 valence electrons. The normalized spacial score (nSPS) is 12.2. The van der Waals surface area contributed by atoms with Crippen LogP contribution in [0.5, 0.6) is 0 Å². The number of carbonyl (C=O) groups is 2. The fourth-order valence-corrected chi connectivity index (χ4v) is 2.95. The first-order chi connectivity index (χ1) is 13.2. The number of fused-ring (bicyclic) bond motifs is 1. The van der Waals surface area contributed by atoms with E-state index in [2.05, 4.69) is 17.8 Å². The molecule has 0 fully saturated rings. The van der Waals surface area contributed by atoms with Gasteiger partial charge in [-0.05, 0) is 48.5 Å². The summed E-state index contributed by atoms with van der Waals surface area (Å²) in [5, 5.41) is 0. The number of imide groups is 1. The first-order valence-corrected chi connectivity index (χ1v) is 8.34. The van der Waals surface area contributed by atoms with Crippen LogP contribution in [0, 0.1) is 24.2 Å². The molecule has 3 nitrogen and oxygen atoms in total. The first kappa shape index (κ1) is 16.4. The SMILES string of the molecule is C#Cc1ccc2c(c1)C(=O)N(c1cccc(C#Cc3ccccc3)c1)C2=O. The van der Waals surface area contributed by atoms with Crippen LogP contribution < -0.4 is 4.90 Å². The van der Waals surface area contributed by atoms with E-state index in [0.29, 0.717) is 22.4 Å². The van der Waals surface area contributed by atoms with Crippen LogP contribution in [0.25, 0.3) is 0 Å². The van der Waals surface area contributed by atoms with Crippen molar-refractivity contribution in [2.45, 2.75) is 0 Å². The highest BCUT2D eigenvalue weighted by Gasteiger charge is 2.36. The summed E-state index contributed by atoms with van der Waals surface area (Å²) < 4.78 is 0. The second-order valence-electron chi connectivity index (χ2n) is 6.02. The highest BCUT2D eigenvalue weighted by molar-refractivity contribution is 6.34. The average molecular weight is 347 g/mol. The zero-order valence-electron chi connectivity index (χ0n) is 14.3. The van der Waals surface area contributed by atoms with Gasteiger partial charge in [-0.25, -0.2) is 4.90 Å². The van der Waals surface area contributed by atoms with Gasteiger partial charge in [0.15, 0.2) is 0 Å². The quantitative estimate of drug-likeness (QED) is 0.495. The first-order valence-electron chi connectivity index (χ1n) is 8.34. The van der Waals surface area contributed by atoms with Crippen LogP contribution in [0.1, 0.15) is 37.4 Å². The number of hydrogen-bond donors (Lipinski definition) is 0. The Balaban J connectivity index is 1.69. The van der Waals surface area contributed by atoms with Crippen LogP contribution in [-0.4, -0.2) is 11.8 Å². The van der Waals surface area contributed by atoms with Gasteiger partial charge < -0.3 is 0 Å². The molecular formula is C24H13NO2. The average Bonchev–Trinajstić information content (AvgIpc) is 2.97. The summed E-state index contributed by atoms with van der Waals surface area (Å²) in [5.41, 5.74) is 3.36. The largest absolute Gasteiger partial charge is 0.268 e. The molecule has 1 aliphatic heterocycles. The van der Waals surface area contributed by atoms with Crippen molar-refractivity contribution in [3.05, 3.63) is 101 Å². The van der Waals surface area contributed by atoms with Gasteiger partial charge in [0.25, 0.3) is 11.8 Å². The molecule has 0 saturated heterocycles. The van der Waals surface area contributed by atoms with E-state index in [0.717, 1.165) is 11.1 Å². The van der Waals surface area contributed by atoms with Crippen molar-refractivity contribution in [2.24, 2.45) is 0 Å². The molecule has 3 aromatic rings. The van der Waals surface area contributed by atoms with Gasteiger partial charge in [0.2, 0.25) is 0 Å². The molecule has 0 spiro atoms. The minimum atomic E-state index is -0.375. The minimum Gasteiger partial charge on any atom is -0.268 e. The Morgan fingerprint density at radius 3 is 2.15 bits per heavy atom. The van der Waals surface area contributed by atoms with Crippen LogP contribution in [0.4, 0.5) is 5.69 Å². The molecule has 0 aliphatic carbocycles. The molecule has 3 aromatic carbocycles. The Hall–Kier alpha value is -4.08. The molecule has 0 atom stereocenters. The molecule has 27 heavy (non-hydrogen) atoms. The molecule has 0 aromatic heterocycles. The summed E-state index contributed by atoms with van der Waals surface area (Å²) >= 11 is 0. The Bertz CT molecular complexity index is 1170. The number of anilines is 1. The Morgan fingerprint density at radius 2 is 1.37 bits per heavy atom. The molecular weight excluding hydrogens is 334 g/mol. The Labute approximate surface area is 157 Å². The van der Waals surface area contributed by atoms with Crippen LogP contribution >= 0.6 is 0 Å². The maximum Gasteiger partial charge on any atom is 0.266 e. The number of benzene rings is 3. The standard InChI is InChI=1S/C24H13NO2/c1-2-17-13-14-21-22(16-17)24(27)25(23(21)26)20-10-6-9-19(15-20)12-11-18-7-4-3-5-8-18/h1,3-10,13-16H. The van der Waals surface area contributed by atoms with E-state index >= 15 is 0 Å². The molecule has 0 unspecified atom stereocenters. The molecule has 1 aliphatic rings. The Morgan fingerprint density at radius 1 is 0.667 bits per heavy atom. The second kappa shape index (κ2) is 6.67. The summed E-state index contributed by atoms with van der Waals surface area (Å²) in [6.07, 6.45) is 5.40. The molecule has 0 radical (unpaired) electrons. The smallest absolute Gasteiger partial charge is 0.266 e. The van der Waals surface area contributed by atoms with Crippen LogP contribution in [0.2, 0.25) is 0 Å². The van der Waals surface area contributed by atoms with Gasteiger partial charge in [-0.1, -0.05) is 42.0 Å². The number of rotatable bonds is 1. The molecule has 3 heteroatoms. The lowest BCUT2D eigenvalue weighted by molar-refractivity contribution is 0.0926. The maximum atomic E-state index is 12.8. The van der Waals surface area contributed by atoms with E-state index in [9.17, 15) is 9.59 Å². The summed E-state index contributed by atoms with van der Waals surface area (Å²) in [4.78, 5) is 26.6. The molecule has 4 rings (SSSR count). The molecule has 0 saturated carbocycles. The van der Waals surface area contributed by atoms with E-state index in [1.165, 1.54) is 4.90 Å². The van der Waals surface area contributed by atoms with Crippen LogP contribution in [-0.2, 0) is 0 Å². The van der Waals surface area contributed by atoms with Gasteiger partial charge >= 0.3 is 0 Å². The summed E-state index contributed by atoms with van der Waals surface area (Å²) in [7, 11) is 0. The molecule has 0 bridgehead atoms. The number of terminal acetylenes is 1. The van der Waals surface area contributed by atoms with Crippen molar-refractivity contribution in [2.75, 3.05) is 4.90 Å². The zero-order chi connectivity index (χ0) is 18.8. The fraction of sp³-hybridized carbons (Fsp3) is 0. The molecule has 0 N–H and O–H groups in total. The van der Waals surface area contributed by atoms with E-state index in [1.807, 2.05) is 36.4 Å². The predicted molar refractivity (Wildman–Crippen MR) is 104 cm³/mol. The highest BCUT2D eigenvalue weighted by Crippen LogP contribution is 2.29. The zero-order valence-corrected chi connectivity index (χ0v) is 14.3. The number of nitrogens with zero attached hydrogens (tertiary/aromatic N) is 1. The van der Waals surface area contributed by atoms with Gasteiger partial charge in [0, 0.05) is 16.7 Å². The van der Waals surface area contributed by atoms with E-state index in [4.69, 9.17) is 6.42 Å². The molecule has 2 amide bonds. The third kappa shape index (κ3) is 2.99. The predicted octanol–water partition coefficient (Wildman–Crippen LogP) is 3.87. The lowest BCUT2D eigenvalue weighted by atomic mass is 10.1. The van der Waals surface area contributed by atoms with Crippen molar-refractivity contribution in [3.63, 3.8) is 0 Å². The van der Waals surface area contributed by atoms with Crippen LogP contribution in [0.15, 0.2) is 72.8 Å². The van der Waals surface area contributed by atoms with Gasteiger partial charge in [-0.3, -0.25) is 9.59 Å². The van der Waals surface area contributed by atoms with Crippen molar-refractivity contribution >= 4 is 17.5 Å². The van der Waals surface area contributed by atoms with Gasteiger partial charge in [-0.15, -0.1) is 6.42 Å². The monoisotopic (exact) mass is 347 g/mol.